The van der Waals surface area contributed by atoms with Crippen LogP contribution in [-0.4, -0.2) is 25.8 Å². The summed E-state index contributed by atoms with van der Waals surface area (Å²) >= 11 is 0. The molecular weight excluding hydrogens is 411 g/mol. The van der Waals surface area contributed by atoms with Crippen LogP contribution in [0.1, 0.15) is 43.1 Å². The van der Waals surface area contributed by atoms with Gasteiger partial charge in [0.2, 0.25) is 0 Å². The van der Waals surface area contributed by atoms with Crippen molar-refractivity contribution in [3.05, 3.63) is 53.6 Å². The van der Waals surface area contributed by atoms with Crippen LogP contribution in [0.5, 0.6) is 11.5 Å². The number of nitrogens with one attached hydrogen (secondary N) is 1. The summed E-state index contributed by atoms with van der Waals surface area (Å²) in [6, 6.07) is 7.72. The monoisotopic (exact) mass is 431 g/mol. The van der Waals surface area contributed by atoms with Crippen molar-refractivity contribution < 1.29 is 36.2 Å². The zero-order chi connectivity index (χ0) is 22.0. The maximum Gasteiger partial charge on any atom is 0.573 e. The van der Waals surface area contributed by atoms with E-state index in [-0.39, 0.29) is 11.0 Å². The lowest BCUT2D eigenvalue weighted by Crippen LogP contribution is -2.31. The molecule has 0 atom stereocenters. The first-order valence-corrected chi connectivity index (χ1v) is 10.00. The van der Waals surface area contributed by atoms with Crippen molar-refractivity contribution in [1.29, 1.82) is 0 Å². The second kappa shape index (κ2) is 7.94. The number of amides is 1. The Morgan fingerprint density at radius 1 is 1.10 bits per heavy atom. The maximum absolute atomic E-state index is 12.5. The van der Waals surface area contributed by atoms with Gasteiger partial charge in [-0.15, -0.1) is 13.2 Å². The molecule has 2 N–H and O–H groups in total. The molecule has 0 aliphatic rings. The average molecular weight is 431 g/mol. The fraction of sp³-hybridized carbons (Fsp3) is 0.316. The molecule has 2 rings (SSSR count). The summed E-state index contributed by atoms with van der Waals surface area (Å²) in [6.45, 7) is 5.81. The lowest BCUT2D eigenvalue weighted by molar-refractivity contribution is -0.274. The van der Waals surface area contributed by atoms with Crippen molar-refractivity contribution in [2.75, 3.05) is 0 Å². The molecule has 0 heterocycles. The van der Waals surface area contributed by atoms with Crippen LogP contribution in [0, 0.1) is 0 Å². The third-order valence-corrected chi connectivity index (χ3v) is 5.85. The molecule has 0 bridgehead atoms. The fourth-order valence-electron chi connectivity index (χ4n) is 2.40. The number of hydrogen-bond acceptors (Lipinski definition) is 5. The molecule has 0 aliphatic heterocycles. The number of phenols is 1. The Kier molecular flexibility index (Phi) is 6.17. The molecule has 6 nitrogen and oxygen atoms in total. The second-order valence-electron chi connectivity index (χ2n) is 6.92. The first kappa shape index (κ1) is 22.5. The molecule has 2 aromatic carbocycles. The molecule has 0 radical (unpaired) electrons. The van der Waals surface area contributed by atoms with Gasteiger partial charge < -0.3 is 9.84 Å². The Bertz CT molecular complexity index is 999. The van der Waals surface area contributed by atoms with Gasteiger partial charge in [0.1, 0.15) is 11.5 Å². The Hall–Kier alpha value is -2.75. The van der Waals surface area contributed by atoms with Crippen molar-refractivity contribution in [1.82, 2.24) is 4.72 Å². The summed E-state index contributed by atoms with van der Waals surface area (Å²) in [5.41, 5.74) is 0.189. The number of ether oxygens (including phenoxy) is 1. The van der Waals surface area contributed by atoms with E-state index in [9.17, 15) is 31.5 Å². The summed E-state index contributed by atoms with van der Waals surface area (Å²) in [5, 5.41) is 9.98. The molecular formula is C19H20F3NO5S. The van der Waals surface area contributed by atoms with E-state index in [0.717, 1.165) is 36.2 Å². The van der Waals surface area contributed by atoms with E-state index in [1.54, 1.807) is 10.8 Å². The number of carbonyl (C=O) groups is 1. The van der Waals surface area contributed by atoms with Gasteiger partial charge in [0, 0.05) is 0 Å². The Balaban J connectivity index is 2.27. The van der Waals surface area contributed by atoms with Gasteiger partial charge in [0.05, 0.1) is 10.5 Å². The smallest absolute Gasteiger partial charge is 0.507 e. The highest BCUT2D eigenvalue weighted by Crippen LogP contribution is 2.30. The van der Waals surface area contributed by atoms with E-state index >= 15 is 0 Å². The van der Waals surface area contributed by atoms with Crippen LogP contribution in [-0.2, 0) is 15.4 Å². The molecule has 29 heavy (non-hydrogen) atoms. The normalized spacial score (nSPS) is 12.5. The summed E-state index contributed by atoms with van der Waals surface area (Å²) in [6.07, 6.45) is -4.17. The number of aromatic hydroxyl groups is 1. The van der Waals surface area contributed by atoms with Crippen LogP contribution >= 0.6 is 0 Å². The van der Waals surface area contributed by atoms with Gasteiger partial charge in [0.25, 0.3) is 15.9 Å². The molecule has 0 saturated heterocycles. The Morgan fingerprint density at radius 2 is 1.69 bits per heavy atom. The molecule has 0 aromatic heterocycles. The minimum Gasteiger partial charge on any atom is -0.507 e. The van der Waals surface area contributed by atoms with Crippen LogP contribution in [0.3, 0.4) is 0 Å². The minimum absolute atomic E-state index is 0.232. The number of rotatable bonds is 6. The highest BCUT2D eigenvalue weighted by molar-refractivity contribution is 7.90. The lowest BCUT2D eigenvalue weighted by atomic mass is 9.81. The summed E-state index contributed by atoms with van der Waals surface area (Å²) in [7, 11) is -4.39. The van der Waals surface area contributed by atoms with Gasteiger partial charge in [-0.1, -0.05) is 26.8 Å². The lowest BCUT2D eigenvalue weighted by Gasteiger charge is -2.24. The van der Waals surface area contributed by atoms with E-state index in [2.05, 4.69) is 4.74 Å². The van der Waals surface area contributed by atoms with Crippen molar-refractivity contribution in [2.24, 2.45) is 0 Å². The maximum atomic E-state index is 12.5. The van der Waals surface area contributed by atoms with E-state index in [1.165, 1.54) is 12.1 Å². The molecule has 0 unspecified atom stereocenters. The number of halogens is 3. The third kappa shape index (κ3) is 5.63. The molecule has 1 amide bonds. The topological polar surface area (TPSA) is 92.7 Å². The predicted molar refractivity (Wildman–Crippen MR) is 99.2 cm³/mol. The first-order valence-electron chi connectivity index (χ1n) is 8.51. The van der Waals surface area contributed by atoms with Gasteiger partial charge in [0.15, 0.2) is 0 Å². The highest BCUT2D eigenvalue weighted by atomic mass is 32.2. The third-order valence-electron chi connectivity index (χ3n) is 4.50. The number of sulfonamides is 1. The van der Waals surface area contributed by atoms with E-state index < -0.39 is 38.7 Å². The van der Waals surface area contributed by atoms with Gasteiger partial charge >= 0.3 is 6.36 Å². The van der Waals surface area contributed by atoms with Gasteiger partial charge in [-0.3, -0.25) is 4.79 Å². The number of alkyl halides is 3. The van der Waals surface area contributed by atoms with Crippen molar-refractivity contribution in [3.8, 4) is 11.5 Å². The first-order chi connectivity index (χ1) is 13.2. The summed E-state index contributed by atoms with van der Waals surface area (Å²) < 4.78 is 66.8. The quantitative estimate of drug-likeness (QED) is 0.719. The van der Waals surface area contributed by atoms with E-state index in [1.807, 2.05) is 20.8 Å². The van der Waals surface area contributed by atoms with Crippen LogP contribution in [0.4, 0.5) is 13.2 Å². The van der Waals surface area contributed by atoms with Crippen LogP contribution < -0.4 is 9.46 Å². The predicted octanol–water partition coefficient (Wildman–Crippen LogP) is 4.10. The molecule has 158 valence electrons. The largest absolute Gasteiger partial charge is 0.573 e. The molecule has 0 aliphatic carbocycles. The highest BCUT2D eigenvalue weighted by Gasteiger charge is 2.31. The minimum atomic E-state index is -4.91. The standard InChI is InChI=1S/C19H20F3NO5S/c1-4-18(2,3)12-5-10-16(24)15(11-12)17(25)23-29(26,27)14-8-6-13(7-9-14)28-19(20,21)22/h5-11,24H,4H2,1-3H3,(H,23,25). The SMILES string of the molecule is CCC(C)(C)c1ccc(O)c(C(=O)NS(=O)(=O)c2ccc(OC(F)(F)F)cc2)c1. The van der Waals surface area contributed by atoms with Crippen molar-refractivity contribution in [2.45, 2.75) is 43.9 Å². The van der Waals surface area contributed by atoms with Crippen LogP contribution in [0.15, 0.2) is 47.4 Å². The van der Waals surface area contributed by atoms with Crippen molar-refractivity contribution >= 4 is 15.9 Å². The Labute approximate surface area is 166 Å². The van der Waals surface area contributed by atoms with E-state index in [4.69, 9.17) is 0 Å². The summed E-state index contributed by atoms with van der Waals surface area (Å²) in [4.78, 5) is 12.0. The van der Waals surface area contributed by atoms with Crippen molar-refractivity contribution in [3.63, 3.8) is 0 Å². The number of benzene rings is 2. The average Bonchev–Trinajstić information content (AvgIpc) is 2.60. The molecule has 0 spiro atoms. The van der Waals surface area contributed by atoms with E-state index in [0.29, 0.717) is 0 Å². The van der Waals surface area contributed by atoms with Crippen LogP contribution in [0.25, 0.3) is 0 Å². The second-order valence-corrected chi connectivity index (χ2v) is 8.61. The zero-order valence-electron chi connectivity index (χ0n) is 15.9. The van der Waals surface area contributed by atoms with Gasteiger partial charge in [-0.05, 0) is 53.8 Å². The number of phenolic OH excluding ortho intramolecular Hbond substituents is 1. The summed E-state index contributed by atoms with van der Waals surface area (Å²) in [5.74, 6) is -2.07. The van der Waals surface area contributed by atoms with Gasteiger partial charge in [-0.2, -0.15) is 0 Å². The molecule has 0 saturated carbocycles. The van der Waals surface area contributed by atoms with Gasteiger partial charge in [-0.25, -0.2) is 13.1 Å². The fourth-order valence-corrected chi connectivity index (χ4v) is 3.37. The number of hydrogen-bond donors (Lipinski definition) is 2. The number of carbonyl (C=O) groups excluding carboxylic acids is 1. The molecule has 0 fully saturated rings. The molecule has 2 aromatic rings. The zero-order valence-corrected chi connectivity index (χ0v) is 16.7. The molecule has 10 heteroatoms. The van der Waals surface area contributed by atoms with Crippen LogP contribution in [0.2, 0.25) is 0 Å². The Morgan fingerprint density at radius 3 is 2.21 bits per heavy atom.